The Morgan fingerprint density at radius 2 is 2.12 bits per heavy atom. The highest BCUT2D eigenvalue weighted by Gasteiger charge is 2.31. The van der Waals surface area contributed by atoms with Crippen LogP contribution in [0.3, 0.4) is 0 Å². The number of carbonyl (C=O) groups excluding carboxylic acids is 1. The molecule has 1 aromatic heterocycles. The molecule has 1 heterocycles. The van der Waals surface area contributed by atoms with E-state index >= 15 is 0 Å². The Hall–Kier alpha value is -1.76. The third kappa shape index (κ3) is 3.10. The van der Waals surface area contributed by atoms with E-state index in [2.05, 4.69) is 10.2 Å². The third-order valence-corrected chi connectivity index (χ3v) is 2.33. The van der Waals surface area contributed by atoms with E-state index in [-0.39, 0.29) is 23.9 Å². The van der Waals surface area contributed by atoms with E-state index in [4.69, 9.17) is 9.83 Å². The molecule has 2 N–H and O–H groups in total. The van der Waals surface area contributed by atoms with Crippen LogP contribution >= 0.6 is 0 Å². The number of aromatic nitrogens is 2. The van der Waals surface area contributed by atoms with E-state index in [1.165, 1.54) is 7.05 Å². The zero-order valence-electron chi connectivity index (χ0n) is 10.3. The molecule has 0 saturated carbocycles. The number of carbonyl (C=O) groups is 1. The van der Waals surface area contributed by atoms with Crippen molar-refractivity contribution in [2.24, 2.45) is 5.41 Å². The monoisotopic (exact) mass is 240 g/mol. The van der Waals surface area contributed by atoms with Crippen molar-refractivity contribution in [3.05, 3.63) is 11.8 Å². The molecular weight excluding hydrogens is 224 g/mol. The average Bonchev–Trinajstić information content (AvgIpc) is 2.63. The van der Waals surface area contributed by atoms with Crippen molar-refractivity contribution in [1.29, 1.82) is 5.41 Å². The van der Waals surface area contributed by atoms with Crippen molar-refractivity contribution in [2.75, 3.05) is 7.05 Å². The van der Waals surface area contributed by atoms with Crippen molar-refractivity contribution >= 4 is 11.6 Å². The van der Waals surface area contributed by atoms with Crippen molar-refractivity contribution in [1.82, 2.24) is 15.3 Å². The Labute approximate surface area is 98.9 Å². The molecule has 0 radical (unpaired) electrons. The predicted octanol–water partition coefficient (Wildman–Crippen LogP) is 1.28. The molecule has 17 heavy (non-hydrogen) atoms. The summed E-state index contributed by atoms with van der Waals surface area (Å²) in [7, 11) is 1.34. The Bertz CT molecular complexity index is 437. The van der Waals surface area contributed by atoms with Gasteiger partial charge in [0.15, 0.2) is 0 Å². The van der Waals surface area contributed by atoms with Crippen LogP contribution in [0, 0.1) is 17.7 Å². The third-order valence-electron chi connectivity index (χ3n) is 2.33. The van der Waals surface area contributed by atoms with Gasteiger partial charge in [-0.25, -0.2) is 5.06 Å². The Morgan fingerprint density at radius 3 is 2.53 bits per heavy atom. The first-order valence-electron chi connectivity index (χ1n) is 5.09. The van der Waals surface area contributed by atoms with Crippen LogP contribution < -0.4 is 0 Å². The number of aryl methyl sites for hydroxylation is 1. The smallest absolute Gasteiger partial charge is 0.284 e. The fourth-order valence-electron chi connectivity index (χ4n) is 1.41. The number of nitrogens with one attached hydrogen (secondary N) is 1. The van der Waals surface area contributed by atoms with Crippen LogP contribution in [-0.4, -0.2) is 39.1 Å². The number of rotatable bonds is 4. The van der Waals surface area contributed by atoms with Gasteiger partial charge in [-0.05, 0) is 0 Å². The lowest BCUT2D eigenvalue weighted by atomic mass is 9.85. The molecule has 7 nitrogen and oxygen atoms in total. The second-order valence-electron chi connectivity index (χ2n) is 4.48. The minimum atomic E-state index is -0.803. The van der Waals surface area contributed by atoms with Gasteiger partial charge in [0.1, 0.15) is 5.84 Å². The summed E-state index contributed by atoms with van der Waals surface area (Å²) in [5.74, 6) is -0.145. The molecule has 0 aliphatic heterocycles. The SMILES string of the molecule is Cc1nnc(C(=O)CC(C)(C)C(=N)N(C)O)o1. The van der Waals surface area contributed by atoms with E-state index < -0.39 is 5.41 Å². The number of hydrogen-bond acceptors (Lipinski definition) is 6. The molecule has 94 valence electrons. The lowest BCUT2D eigenvalue weighted by molar-refractivity contribution is 0.00159. The van der Waals surface area contributed by atoms with Crippen LogP contribution in [0.1, 0.15) is 36.8 Å². The summed E-state index contributed by atoms with van der Waals surface area (Å²) in [6.07, 6.45) is 0.0123. The second-order valence-corrected chi connectivity index (χ2v) is 4.48. The van der Waals surface area contributed by atoms with Crippen LogP contribution in [-0.2, 0) is 0 Å². The minimum Gasteiger partial charge on any atom is -0.419 e. The van der Waals surface area contributed by atoms with Gasteiger partial charge in [0, 0.05) is 25.8 Å². The average molecular weight is 240 g/mol. The number of hydrogen-bond donors (Lipinski definition) is 2. The molecule has 0 saturated heterocycles. The summed E-state index contributed by atoms with van der Waals surface area (Å²) in [6, 6.07) is 0. The van der Waals surface area contributed by atoms with Crippen molar-refractivity contribution in [3.63, 3.8) is 0 Å². The maximum absolute atomic E-state index is 11.8. The largest absolute Gasteiger partial charge is 0.419 e. The molecule has 1 rings (SSSR count). The summed E-state index contributed by atoms with van der Waals surface area (Å²) in [5.41, 5.74) is -0.803. The van der Waals surface area contributed by atoms with E-state index in [1.54, 1.807) is 20.8 Å². The molecule has 0 aromatic carbocycles. The number of amidine groups is 1. The number of nitrogens with zero attached hydrogens (tertiary/aromatic N) is 3. The Kier molecular flexibility index (Phi) is 3.62. The maximum Gasteiger partial charge on any atom is 0.284 e. The molecular formula is C10H16N4O3. The zero-order valence-corrected chi connectivity index (χ0v) is 10.3. The highest BCUT2D eigenvalue weighted by molar-refractivity contribution is 5.96. The number of Topliss-reactive ketones (excluding diaryl/α,β-unsaturated/α-hetero) is 1. The zero-order chi connectivity index (χ0) is 13.2. The molecule has 0 unspecified atom stereocenters. The number of ketones is 1. The van der Waals surface area contributed by atoms with Gasteiger partial charge in [-0.2, -0.15) is 0 Å². The molecule has 0 amide bonds. The van der Waals surface area contributed by atoms with Gasteiger partial charge in [0.25, 0.3) is 5.89 Å². The number of hydroxylamine groups is 2. The van der Waals surface area contributed by atoms with Gasteiger partial charge in [0.05, 0.1) is 0 Å². The van der Waals surface area contributed by atoms with Crippen molar-refractivity contribution in [2.45, 2.75) is 27.2 Å². The van der Waals surface area contributed by atoms with Gasteiger partial charge >= 0.3 is 0 Å². The van der Waals surface area contributed by atoms with Gasteiger partial charge in [-0.15, -0.1) is 10.2 Å². The van der Waals surface area contributed by atoms with Crippen LogP contribution in [0.5, 0.6) is 0 Å². The molecule has 0 fully saturated rings. The fourth-order valence-corrected chi connectivity index (χ4v) is 1.41. The molecule has 0 atom stereocenters. The summed E-state index contributed by atoms with van der Waals surface area (Å²) < 4.78 is 5.01. The van der Waals surface area contributed by atoms with E-state index in [9.17, 15) is 10.0 Å². The van der Waals surface area contributed by atoms with Crippen LogP contribution in [0.2, 0.25) is 0 Å². The highest BCUT2D eigenvalue weighted by atomic mass is 16.5. The summed E-state index contributed by atoms with van der Waals surface area (Å²) >= 11 is 0. The highest BCUT2D eigenvalue weighted by Crippen LogP contribution is 2.24. The molecule has 0 aliphatic rings. The maximum atomic E-state index is 11.8. The van der Waals surface area contributed by atoms with Crippen LogP contribution in [0.4, 0.5) is 0 Å². The molecule has 1 aromatic rings. The molecule has 7 heteroatoms. The second kappa shape index (κ2) is 4.62. The van der Waals surface area contributed by atoms with Gasteiger partial charge in [-0.3, -0.25) is 15.4 Å². The quantitative estimate of drug-likeness (QED) is 0.355. The fraction of sp³-hybridized carbons (Fsp3) is 0.600. The lowest BCUT2D eigenvalue weighted by Crippen LogP contribution is -2.37. The Morgan fingerprint density at radius 1 is 1.53 bits per heavy atom. The normalized spacial score (nSPS) is 11.4. The minimum absolute atomic E-state index is 0.0123. The van der Waals surface area contributed by atoms with Crippen molar-refractivity contribution in [3.8, 4) is 0 Å². The van der Waals surface area contributed by atoms with E-state index in [1.807, 2.05) is 0 Å². The summed E-state index contributed by atoms with van der Waals surface area (Å²) in [5, 5.41) is 24.7. The lowest BCUT2D eigenvalue weighted by Gasteiger charge is -2.27. The van der Waals surface area contributed by atoms with E-state index in [0.717, 1.165) is 0 Å². The Balaban J connectivity index is 2.78. The van der Waals surface area contributed by atoms with E-state index in [0.29, 0.717) is 11.0 Å². The molecule has 0 bridgehead atoms. The first-order valence-corrected chi connectivity index (χ1v) is 5.09. The first kappa shape index (κ1) is 13.3. The summed E-state index contributed by atoms with van der Waals surface area (Å²) in [4.78, 5) is 11.8. The van der Waals surface area contributed by atoms with Crippen molar-refractivity contribution < 1.29 is 14.4 Å². The topological polar surface area (TPSA) is 103 Å². The molecule has 0 aliphatic carbocycles. The first-order chi connectivity index (χ1) is 7.74. The van der Waals surface area contributed by atoms with Gasteiger partial charge < -0.3 is 4.42 Å². The standard InChI is InChI=1S/C10H16N4O3/c1-6-12-13-8(17-6)7(15)5-10(2,3)9(11)14(4)16/h11,16H,5H2,1-4H3. The van der Waals surface area contributed by atoms with Crippen LogP contribution in [0.15, 0.2) is 4.42 Å². The predicted molar refractivity (Wildman–Crippen MR) is 59.0 cm³/mol. The van der Waals surface area contributed by atoms with Gasteiger partial charge in [-0.1, -0.05) is 13.8 Å². The molecule has 0 spiro atoms. The van der Waals surface area contributed by atoms with Gasteiger partial charge in [0.2, 0.25) is 11.7 Å². The summed E-state index contributed by atoms with van der Waals surface area (Å²) in [6.45, 7) is 4.96. The van der Waals surface area contributed by atoms with Crippen LogP contribution in [0.25, 0.3) is 0 Å².